The number of pyridine rings is 1. The third kappa shape index (κ3) is 5.96. The largest absolute Gasteiger partial charge is 0.248 e. The SMILES string of the molecule is c1ccc(-c2cc(-c3cccc(-c4ccc(-c5nc(-c6cccc7ccccc67)nc(-c6cccc7ccccc67)n5)cc4)c3)c3c(ccc4ccccc43)n2)cc1. The molecule has 58 heavy (non-hydrogen) atoms. The van der Waals surface area contributed by atoms with Crippen LogP contribution in [0.4, 0.5) is 0 Å². The lowest BCUT2D eigenvalue weighted by molar-refractivity contribution is 1.08. The molecule has 0 aliphatic rings. The number of aromatic nitrogens is 4. The average molecular weight is 739 g/mol. The molecular weight excluding hydrogens is 705 g/mol. The van der Waals surface area contributed by atoms with Crippen LogP contribution in [0, 0.1) is 0 Å². The van der Waals surface area contributed by atoms with E-state index in [1.54, 1.807) is 0 Å². The molecule has 0 atom stereocenters. The topological polar surface area (TPSA) is 51.6 Å². The summed E-state index contributed by atoms with van der Waals surface area (Å²) in [5.41, 5.74) is 10.4. The van der Waals surface area contributed by atoms with Crippen molar-refractivity contribution in [1.82, 2.24) is 19.9 Å². The number of nitrogens with zero attached hydrogens (tertiary/aromatic N) is 4. The third-order valence-corrected chi connectivity index (χ3v) is 11.1. The van der Waals surface area contributed by atoms with E-state index < -0.39 is 0 Å². The van der Waals surface area contributed by atoms with Gasteiger partial charge in [-0.25, -0.2) is 19.9 Å². The van der Waals surface area contributed by atoms with Crippen molar-refractivity contribution >= 4 is 43.2 Å². The molecule has 0 saturated carbocycles. The smallest absolute Gasteiger partial charge is 0.164 e. The van der Waals surface area contributed by atoms with Gasteiger partial charge < -0.3 is 0 Å². The highest BCUT2D eigenvalue weighted by Crippen LogP contribution is 2.39. The Kier molecular flexibility index (Phi) is 8.11. The van der Waals surface area contributed by atoms with Gasteiger partial charge in [0.05, 0.1) is 11.2 Å². The molecule has 0 N–H and O–H groups in total. The molecule has 4 heteroatoms. The fourth-order valence-corrected chi connectivity index (χ4v) is 8.26. The van der Waals surface area contributed by atoms with E-state index in [0.717, 1.165) is 82.6 Å². The molecule has 0 aliphatic heterocycles. The first kappa shape index (κ1) is 33.5. The van der Waals surface area contributed by atoms with Crippen LogP contribution in [-0.4, -0.2) is 19.9 Å². The predicted molar refractivity (Wildman–Crippen MR) is 240 cm³/mol. The van der Waals surface area contributed by atoms with E-state index in [0.29, 0.717) is 17.5 Å². The van der Waals surface area contributed by atoms with Crippen LogP contribution in [0.15, 0.2) is 206 Å². The monoisotopic (exact) mass is 738 g/mol. The van der Waals surface area contributed by atoms with Crippen molar-refractivity contribution in [2.45, 2.75) is 0 Å². The summed E-state index contributed by atoms with van der Waals surface area (Å²) in [4.78, 5) is 20.6. The first-order chi connectivity index (χ1) is 28.7. The lowest BCUT2D eigenvalue weighted by Gasteiger charge is -2.14. The maximum atomic E-state index is 5.17. The van der Waals surface area contributed by atoms with E-state index in [1.165, 1.54) is 10.8 Å². The van der Waals surface area contributed by atoms with Crippen LogP contribution in [0.1, 0.15) is 0 Å². The van der Waals surface area contributed by atoms with Gasteiger partial charge in [-0.05, 0) is 72.8 Å². The molecule has 0 aliphatic carbocycles. The predicted octanol–water partition coefficient (Wildman–Crippen LogP) is 13.9. The van der Waals surface area contributed by atoms with E-state index in [-0.39, 0.29) is 0 Å². The molecule has 0 radical (unpaired) electrons. The first-order valence-electron chi connectivity index (χ1n) is 19.6. The van der Waals surface area contributed by atoms with Crippen LogP contribution >= 0.6 is 0 Å². The summed E-state index contributed by atoms with van der Waals surface area (Å²) >= 11 is 0. The molecule has 0 fully saturated rings. The lowest BCUT2D eigenvalue weighted by Crippen LogP contribution is -2.01. The Hall–Kier alpha value is -7.82. The van der Waals surface area contributed by atoms with E-state index in [2.05, 4.69) is 200 Å². The quantitative estimate of drug-likeness (QED) is 0.159. The van der Waals surface area contributed by atoms with Gasteiger partial charge in [-0.15, -0.1) is 0 Å². The second-order valence-electron chi connectivity index (χ2n) is 14.6. The van der Waals surface area contributed by atoms with E-state index in [4.69, 9.17) is 19.9 Å². The Morgan fingerprint density at radius 2 is 0.759 bits per heavy atom. The highest BCUT2D eigenvalue weighted by atomic mass is 15.0. The summed E-state index contributed by atoms with van der Waals surface area (Å²) in [5, 5.41) is 8.04. The van der Waals surface area contributed by atoms with Crippen LogP contribution in [-0.2, 0) is 0 Å². The van der Waals surface area contributed by atoms with Gasteiger partial charge in [-0.1, -0.05) is 188 Å². The van der Waals surface area contributed by atoms with Crippen molar-refractivity contribution in [2.75, 3.05) is 0 Å². The molecule has 11 rings (SSSR count). The fourth-order valence-electron chi connectivity index (χ4n) is 8.26. The summed E-state index contributed by atoms with van der Waals surface area (Å²) in [6.07, 6.45) is 0. The molecule has 9 aromatic carbocycles. The minimum absolute atomic E-state index is 0.629. The summed E-state index contributed by atoms with van der Waals surface area (Å²) < 4.78 is 0. The maximum absolute atomic E-state index is 5.17. The minimum atomic E-state index is 0.629. The van der Waals surface area contributed by atoms with Crippen molar-refractivity contribution in [1.29, 1.82) is 0 Å². The average Bonchev–Trinajstić information content (AvgIpc) is 3.31. The Morgan fingerprint density at radius 1 is 0.259 bits per heavy atom. The van der Waals surface area contributed by atoms with Crippen LogP contribution in [0.5, 0.6) is 0 Å². The molecular formula is C54H34N4. The highest BCUT2D eigenvalue weighted by Gasteiger charge is 2.17. The molecule has 2 heterocycles. The summed E-state index contributed by atoms with van der Waals surface area (Å²) in [6.45, 7) is 0. The molecule has 0 amide bonds. The van der Waals surface area contributed by atoms with Crippen LogP contribution in [0.3, 0.4) is 0 Å². The molecule has 4 nitrogen and oxygen atoms in total. The molecule has 0 spiro atoms. The second kappa shape index (κ2) is 14.0. The van der Waals surface area contributed by atoms with Crippen molar-refractivity contribution in [2.24, 2.45) is 0 Å². The Labute approximate surface area is 335 Å². The lowest BCUT2D eigenvalue weighted by atomic mass is 9.92. The van der Waals surface area contributed by atoms with Gasteiger partial charge in [0, 0.05) is 27.6 Å². The van der Waals surface area contributed by atoms with Gasteiger partial charge >= 0.3 is 0 Å². The van der Waals surface area contributed by atoms with E-state index >= 15 is 0 Å². The first-order valence-corrected chi connectivity index (χ1v) is 19.6. The van der Waals surface area contributed by atoms with Crippen molar-refractivity contribution < 1.29 is 0 Å². The number of hydrogen-bond donors (Lipinski definition) is 0. The number of rotatable bonds is 6. The van der Waals surface area contributed by atoms with Gasteiger partial charge in [-0.2, -0.15) is 0 Å². The van der Waals surface area contributed by atoms with Gasteiger partial charge in [0.2, 0.25) is 0 Å². The van der Waals surface area contributed by atoms with Crippen LogP contribution < -0.4 is 0 Å². The van der Waals surface area contributed by atoms with E-state index in [1.807, 2.05) is 6.07 Å². The van der Waals surface area contributed by atoms with Crippen LogP contribution in [0.2, 0.25) is 0 Å². The summed E-state index contributed by atoms with van der Waals surface area (Å²) in [6, 6.07) is 72.3. The molecule has 2 aromatic heterocycles. The van der Waals surface area contributed by atoms with Gasteiger partial charge in [0.15, 0.2) is 17.5 Å². The van der Waals surface area contributed by atoms with Crippen molar-refractivity contribution in [3.8, 4) is 67.7 Å². The molecule has 11 aromatic rings. The zero-order valence-corrected chi connectivity index (χ0v) is 31.4. The Morgan fingerprint density at radius 3 is 1.43 bits per heavy atom. The van der Waals surface area contributed by atoms with E-state index in [9.17, 15) is 0 Å². The Balaban J connectivity index is 1.03. The van der Waals surface area contributed by atoms with Gasteiger partial charge in [0.25, 0.3) is 0 Å². The number of hydrogen-bond acceptors (Lipinski definition) is 4. The number of fused-ring (bicyclic) bond motifs is 5. The van der Waals surface area contributed by atoms with Gasteiger partial charge in [-0.3, -0.25) is 0 Å². The number of benzene rings is 9. The Bertz CT molecular complexity index is 3230. The minimum Gasteiger partial charge on any atom is -0.248 e. The standard InChI is InChI=1S/C54H34N4/c1-2-16-39(17-3-1)50-34-48(51-45-24-9-6-15-38(45)31-32-49(51)55-50)42-21-10-20-41(33-42)35-27-29-40(30-28-35)52-56-53(46-25-11-18-36-13-4-7-22-43(36)46)58-54(57-52)47-26-12-19-37-14-5-8-23-44(37)47/h1-34H. The van der Waals surface area contributed by atoms with Crippen molar-refractivity contribution in [3.05, 3.63) is 206 Å². The maximum Gasteiger partial charge on any atom is 0.164 e. The highest BCUT2D eigenvalue weighted by molar-refractivity contribution is 6.14. The zero-order chi connectivity index (χ0) is 38.4. The van der Waals surface area contributed by atoms with Gasteiger partial charge in [0.1, 0.15) is 0 Å². The molecule has 270 valence electrons. The summed E-state index contributed by atoms with van der Waals surface area (Å²) in [7, 11) is 0. The third-order valence-electron chi connectivity index (χ3n) is 11.1. The zero-order valence-electron chi connectivity index (χ0n) is 31.4. The van der Waals surface area contributed by atoms with Crippen LogP contribution in [0.25, 0.3) is 111 Å². The van der Waals surface area contributed by atoms with Crippen molar-refractivity contribution in [3.63, 3.8) is 0 Å². The fraction of sp³-hybridized carbons (Fsp3) is 0. The summed E-state index contributed by atoms with van der Waals surface area (Å²) in [5.74, 6) is 1.92. The molecule has 0 saturated heterocycles. The normalized spacial score (nSPS) is 11.4. The molecule has 0 bridgehead atoms. The molecule has 0 unspecified atom stereocenters. The second-order valence-corrected chi connectivity index (χ2v) is 14.6.